The van der Waals surface area contributed by atoms with Gasteiger partial charge in [0.25, 0.3) is 5.56 Å². The molecule has 0 bridgehead atoms. The Morgan fingerprint density at radius 3 is 2.24 bits per heavy atom. The number of rotatable bonds is 3. The Morgan fingerprint density at radius 1 is 1.12 bits per heavy atom. The van der Waals surface area contributed by atoms with Gasteiger partial charge in [-0.2, -0.15) is 0 Å². The standard InChI is InChI=1S/C14H18N2O/c1-9(2)12-6-4-11(5-7-12)8-13-10(3)15-16-14(13)17/h4-7,9H,8H2,1-3H3,(H2,15,16,17). The van der Waals surface area contributed by atoms with Crippen molar-refractivity contribution in [3.05, 3.63) is 57.0 Å². The molecule has 0 spiro atoms. The van der Waals surface area contributed by atoms with E-state index >= 15 is 0 Å². The summed E-state index contributed by atoms with van der Waals surface area (Å²) >= 11 is 0. The maximum absolute atomic E-state index is 11.5. The number of nitrogens with one attached hydrogen (secondary N) is 2. The van der Waals surface area contributed by atoms with Crippen molar-refractivity contribution >= 4 is 0 Å². The highest BCUT2D eigenvalue weighted by molar-refractivity contribution is 5.30. The van der Waals surface area contributed by atoms with Crippen LogP contribution < -0.4 is 5.56 Å². The highest BCUT2D eigenvalue weighted by Gasteiger charge is 2.07. The first-order valence-electron chi connectivity index (χ1n) is 5.93. The molecule has 3 heteroatoms. The molecule has 2 aromatic rings. The molecule has 0 aliphatic heterocycles. The number of hydrogen-bond donors (Lipinski definition) is 2. The van der Waals surface area contributed by atoms with Crippen molar-refractivity contribution in [3.8, 4) is 0 Å². The molecule has 0 fully saturated rings. The second-order valence-corrected chi connectivity index (χ2v) is 4.76. The van der Waals surface area contributed by atoms with Crippen LogP contribution in [0.3, 0.4) is 0 Å². The number of hydrogen-bond acceptors (Lipinski definition) is 1. The van der Waals surface area contributed by atoms with Crippen molar-refractivity contribution in [2.24, 2.45) is 0 Å². The van der Waals surface area contributed by atoms with Gasteiger partial charge in [0.05, 0.1) is 0 Å². The lowest BCUT2D eigenvalue weighted by Gasteiger charge is -2.06. The zero-order chi connectivity index (χ0) is 12.4. The van der Waals surface area contributed by atoms with Crippen molar-refractivity contribution in [2.75, 3.05) is 0 Å². The first-order valence-corrected chi connectivity index (χ1v) is 5.93. The molecule has 1 aromatic heterocycles. The lowest BCUT2D eigenvalue weighted by atomic mass is 9.99. The van der Waals surface area contributed by atoms with E-state index < -0.39 is 0 Å². The summed E-state index contributed by atoms with van der Waals surface area (Å²) in [5.74, 6) is 0.543. The molecule has 0 amide bonds. The van der Waals surface area contributed by atoms with Gasteiger partial charge in [-0.1, -0.05) is 38.1 Å². The van der Waals surface area contributed by atoms with Crippen LogP contribution in [0.5, 0.6) is 0 Å². The highest BCUT2D eigenvalue weighted by Crippen LogP contribution is 2.16. The zero-order valence-corrected chi connectivity index (χ0v) is 10.5. The first-order chi connectivity index (χ1) is 8.08. The SMILES string of the molecule is Cc1[nH][nH]c(=O)c1Cc1ccc(C(C)C)cc1. The molecule has 1 heterocycles. The molecule has 17 heavy (non-hydrogen) atoms. The van der Waals surface area contributed by atoms with Gasteiger partial charge in [0.1, 0.15) is 0 Å². The van der Waals surface area contributed by atoms with Crippen LogP contribution in [0.15, 0.2) is 29.1 Å². The quantitative estimate of drug-likeness (QED) is 0.836. The van der Waals surface area contributed by atoms with E-state index in [0.717, 1.165) is 11.3 Å². The van der Waals surface area contributed by atoms with Gasteiger partial charge in [0.15, 0.2) is 0 Å². The fourth-order valence-electron chi connectivity index (χ4n) is 1.91. The lowest BCUT2D eigenvalue weighted by molar-refractivity contribution is 0.865. The summed E-state index contributed by atoms with van der Waals surface area (Å²) in [7, 11) is 0. The second-order valence-electron chi connectivity index (χ2n) is 4.76. The first kappa shape index (κ1) is 11.7. The van der Waals surface area contributed by atoms with Gasteiger partial charge in [-0.15, -0.1) is 0 Å². The predicted octanol–water partition coefficient (Wildman–Crippen LogP) is 2.73. The fraction of sp³-hybridized carbons (Fsp3) is 0.357. The molecule has 0 aliphatic rings. The predicted molar refractivity (Wildman–Crippen MR) is 69.5 cm³/mol. The summed E-state index contributed by atoms with van der Waals surface area (Å²) in [6.07, 6.45) is 0.684. The summed E-state index contributed by atoms with van der Waals surface area (Å²) in [4.78, 5) is 11.5. The van der Waals surface area contributed by atoms with E-state index in [9.17, 15) is 4.79 Å². The van der Waals surface area contributed by atoms with E-state index in [4.69, 9.17) is 0 Å². The number of aromatic amines is 2. The molecule has 2 N–H and O–H groups in total. The summed E-state index contributed by atoms with van der Waals surface area (Å²) in [5.41, 5.74) is 4.22. The molecule has 0 aliphatic carbocycles. The molecular weight excluding hydrogens is 212 g/mol. The van der Waals surface area contributed by atoms with Gasteiger partial charge in [-0.25, -0.2) is 0 Å². The van der Waals surface area contributed by atoms with Crippen molar-refractivity contribution in [1.29, 1.82) is 0 Å². The normalized spacial score (nSPS) is 11.1. The minimum absolute atomic E-state index is 0.0181. The van der Waals surface area contributed by atoms with E-state index in [1.807, 2.05) is 6.92 Å². The highest BCUT2D eigenvalue weighted by atomic mass is 16.1. The van der Waals surface area contributed by atoms with E-state index in [-0.39, 0.29) is 5.56 Å². The summed E-state index contributed by atoms with van der Waals surface area (Å²) in [5, 5.41) is 5.46. The van der Waals surface area contributed by atoms with Crippen molar-refractivity contribution in [2.45, 2.75) is 33.1 Å². The largest absolute Gasteiger partial charge is 0.302 e. The Balaban J connectivity index is 2.22. The van der Waals surface area contributed by atoms with E-state index in [2.05, 4.69) is 48.3 Å². The Morgan fingerprint density at radius 2 is 1.76 bits per heavy atom. The molecule has 2 rings (SSSR count). The molecule has 0 saturated carbocycles. The molecule has 0 unspecified atom stereocenters. The van der Waals surface area contributed by atoms with Crippen LogP contribution in [0.1, 0.15) is 42.1 Å². The second kappa shape index (κ2) is 4.62. The van der Waals surface area contributed by atoms with Crippen LogP contribution >= 0.6 is 0 Å². The number of H-pyrrole nitrogens is 2. The third-order valence-corrected chi connectivity index (χ3v) is 3.12. The van der Waals surface area contributed by atoms with Gasteiger partial charge >= 0.3 is 0 Å². The summed E-state index contributed by atoms with van der Waals surface area (Å²) in [6, 6.07) is 8.47. The van der Waals surface area contributed by atoms with Crippen LogP contribution in [-0.4, -0.2) is 10.2 Å². The van der Waals surface area contributed by atoms with E-state index in [1.165, 1.54) is 11.1 Å². The zero-order valence-electron chi connectivity index (χ0n) is 10.5. The smallest absolute Gasteiger partial charge is 0.267 e. The maximum Gasteiger partial charge on any atom is 0.267 e. The molecule has 0 saturated heterocycles. The number of aryl methyl sites for hydroxylation is 1. The van der Waals surface area contributed by atoms with Gasteiger partial charge in [-0.3, -0.25) is 9.89 Å². The molecule has 0 atom stereocenters. The average Bonchev–Trinajstić information content (AvgIpc) is 2.61. The van der Waals surface area contributed by atoms with Crippen LogP contribution in [0.25, 0.3) is 0 Å². The number of benzene rings is 1. The van der Waals surface area contributed by atoms with Crippen LogP contribution in [0, 0.1) is 6.92 Å². The maximum atomic E-state index is 11.5. The van der Waals surface area contributed by atoms with Crippen LogP contribution in [0.4, 0.5) is 0 Å². The topological polar surface area (TPSA) is 48.6 Å². The Hall–Kier alpha value is -1.77. The summed E-state index contributed by atoms with van der Waals surface area (Å²) < 4.78 is 0. The van der Waals surface area contributed by atoms with Crippen LogP contribution in [-0.2, 0) is 6.42 Å². The minimum atomic E-state index is -0.0181. The van der Waals surface area contributed by atoms with E-state index in [0.29, 0.717) is 12.3 Å². The third-order valence-electron chi connectivity index (χ3n) is 3.12. The molecule has 90 valence electrons. The Labute approximate surface area is 101 Å². The molecular formula is C14H18N2O. The molecule has 3 nitrogen and oxygen atoms in total. The summed E-state index contributed by atoms with van der Waals surface area (Å²) in [6.45, 7) is 6.27. The van der Waals surface area contributed by atoms with Crippen molar-refractivity contribution < 1.29 is 0 Å². The van der Waals surface area contributed by atoms with Crippen molar-refractivity contribution in [1.82, 2.24) is 10.2 Å². The van der Waals surface area contributed by atoms with Gasteiger partial charge in [0.2, 0.25) is 0 Å². The molecule has 0 radical (unpaired) electrons. The van der Waals surface area contributed by atoms with E-state index in [1.54, 1.807) is 0 Å². The number of aromatic nitrogens is 2. The fourth-order valence-corrected chi connectivity index (χ4v) is 1.91. The average molecular weight is 230 g/mol. The van der Waals surface area contributed by atoms with Crippen LogP contribution in [0.2, 0.25) is 0 Å². The monoisotopic (exact) mass is 230 g/mol. The Kier molecular flexibility index (Phi) is 3.18. The molecule has 1 aromatic carbocycles. The lowest BCUT2D eigenvalue weighted by Crippen LogP contribution is -2.06. The van der Waals surface area contributed by atoms with Crippen molar-refractivity contribution in [3.63, 3.8) is 0 Å². The third kappa shape index (κ3) is 2.49. The Bertz CT molecular complexity index is 546. The minimum Gasteiger partial charge on any atom is -0.302 e. The van der Waals surface area contributed by atoms with Gasteiger partial charge in [-0.05, 0) is 24.0 Å². The van der Waals surface area contributed by atoms with Gasteiger partial charge < -0.3 is 5.10 Å². The van der Waals surface area contributed by atoms with Gasteiger partial charge in [0, 0.05) is 17.7 Å².